The Balaban J connectivity index is 1.26. The molecule has 3 aliphatic rings. The number of rotatable bonds is 7. The van der Waals surface area contributed by atoms with Crippen molar-refractivity contribution in [1.29, 1.82) is 0 Å². The van der Waals surface area contributed by atoms with Gasteiger partial charge in [-0.25, -0.2) is 23.4 Å². The molecule has 3 aromatic heterocycles. The lowest BCUT2D eigenvalue weighted by molar-refractivity contribution is 0.179. The second-order valence-corrected chi connectivity index (χ2v) is 13.1. The van der Waals surface area contributed by atoms with Crippen molar-refractivity contribution in [2.75, 3.05) is 60.0 Å². The molecule has 10 nitrogen and oxygen atoms in total. The Labute approximate surface area is 217 Å². The van der Waals surface area contributed by atoms with Gasteiger partial charge in [-0.05, 0) is 35.4 Å². The number of nitrogens with zero attached hydrogens (tertiary/aromatic N) is 6. The minimum Gasteiger partial charge on any atom is -0.379 e. The molecular formula is C26H33N7O3S. The van der Waals surface area contributed by atoms with Gasteiger partial charge >= 0.3 is 0 Å². The molecule has 0 saturated carbocycles. The fraction of sp³-hybridized carbons (Fsp3) is 0.538. The first-order chi connectivity index (χ1) is 17.7. The van der Waals surface area contributed by atoms with E-state index >= 15 is 0 Å². The van der Waals surface area contributed by atoms with Crippen LogP contribution < -0.4 is 15.1 Å². The molecule has 0 aliphatic carbocycles. The van der Waals surface area contributed by atoms with Crippen LogP contribution in [0.25, 0.3) is 10.8 Å². The van der Waals surface area contributed by atoms with Crippen molar-refractivity contribution in [2.45, 2.75) is 32.2 Å². The zero-order chi connectivity index (χ0) is 25.7. The van der Waals surface area contributed by atoms with E-state index in [1.54, 1.807) is 6.20 Å². The molecule has 6 rings (SSSR count). The molecule has 3 fully saturated rings. The van der Waals surface area contributed by atoms with Crippen LogP contribution in [0.5, 0.6) is 0 Å². The molecular weight excluding hydrogens is 490 g/mol. The maximum atomic E-state index is 11.7. The Bertz CT molecular complexity index is 1420. The van der Waals surface area contributed by atoms with Crippen LogP contribution in [0.2, 0.25) is 0 Å². The third kappa shape index (κ3) is 4.82. The van der Waals surface area contributed by atoms with Gasteiger partial charge < -0.3 is 19.9 Å². The van der Waals surface area contributed by atoms with Crippen molar-refractivity contribution in [3.8, 4) is 0 Å². The number of fused-ring (bicyclic) bond motifs is 2. The summed E-state index contributed by atoms with van der Waals surface area (Å²) in [5, 5.41) is 5.44. The summed E-state index contributed by atoms with van der Waals surface area (Å²) < 4.78 is 29.0. The van der Waals surface area contributed by atoms with Gasteiger partial charge in [0.05, 0.1) is 25.0 Å². The average Bonchev–Trinajstić information content (AvgIpc) is 3.44. The Morgan fingerprint density at radius 1 is 1.11 bits per heavy atom. The molecule has 0 spiro atoms. The van der Waals surface area contributed by atoms with Crippen molar-refractivity contribution in [1.82, 2.24) is 19.9 Å². The van der Waals surface area contributed by atoms with E-state index in [4.69, 9.17) is 19.7 Å². The van der Waals surface area contributed by atoms with Crippen molar-refractivity contribution in [3.05, 3.63) is 36.3 Å². The molecule has 1 unspecified atom stereocenters. The van der Waals surface area contributed by atoms with Crippen LogP contribution in [0.3, 0.4) is 0 Å². The largest absolute Gasteiger partial charge is 0.379 e. The summed E-state index contributed by atoms with van der Waals surface area (Å²) in [5.41, 5.74) is 1.14. The first kappa shape index (κ1) is 24.3. The summed E-state index contributed by atoms with van der Waals surface area (Å²) in [7, 11) is -2.99. The number of anilines is 4. The normalized spacial score (nSPS) is 22.1. The summed E-state index contributed by atoms with van der Waals surface area (Å²) in [5.74, 6) is 4.19. The molecule has 1 N–H and O–H groups in total. The van der Waals surface area contributed by atoms with Crippen LogP contribution in [-0.2, 0) is 14.6 Å². The summed E-state index contributed by atoms with van der Waals surface area (Å²) in [6.45, 7) is 8.19. The molecule has 196 valence electrons. The van der Waals surface area contributed by atoms with E-state index in [1.165, 1.54) is 6.26 Å². The number of hydrogen-bond donors (Lipinski definition) is 1. The highest BCUT2D eigenvalue weighted by molar-refractivity contribution is 7.90. The van der Waals surface area contributed by atoms with Crippen LogP contribution >= 0.6 is 0 Å². The number of aromatic nitrogens is 4. The minimum atomic E-state index is -2.99. The molecule has 11 heteroatoms. The SMILES string of the molecule is CC(C)c1cnc(N2CC(CS(C)(=O)=O)C2)c2cnc(Nc3ccnc(N4CC[C@H]5COCC54)n3)cc12. The maximum absolute atomic E-state index is 11.7. The third-order valence-corrected chi connectivity index (χ3v) is 8.74. The molecule has 0 amide bonds. The number of sulfone groups is 1. The fourth-order valence-electron chi connectivity index (χ4n) is 5.81. The molecule has 0 bridgehead atoms. The van der Waals surface area contributed by atoms with Gasteiger partial charge in [-0.3, -0.25) is 0 Å². The van der Waals surface area contributed by atoms with Crippen molar-refractivity contribution >= 4 is 44.0 Å². The number of hydrogen-bond acceptors (Lipinski definition) is 10. The maximum Gasteiger partial charge on any atom is 0.227 e. The second-order valence-electron chi connectivity index (χ2n) is 10.9. The molecule has 3 saturated heterocycles. The van der Waals surface area contributed by atoms with Crippen LogP contribution in [0.1, 0.15) is 31.7 Å². The van der Waals surface area contributed by atoms with Crippen LogP contribution in [-0.4, -0.2) is 79.3 Å². The van der Waals surface area contributed by atoms with Crippen LogP contribution in [0.4, 0.5) is 23.4 Å². The quantitative estimate of drug-likeness (QED) is 0.496. The van der Waals surface area contributed by atoms with Crippen molar-refractivity contribution in [3.63, 3.8) is 0 Å². The lowest BCUT2D eigenvalue weighted by Crippen LogP contribution is -2.50. The molecule has 3 aliphatic heterocycles. The van der Waals surface area contributed by atoms with Gasteiger partial charge in [0.25, 0.3) is 0 Å². The highest BCUT2D eigenvalue weighted by atomic mass is 32.2. The third-order valence-electron chi connectivity index (χ3n) is 7.66. The average molecular weight is 524 g/mol. The second kappa shape index (κ2) is 9.36. The predicted molar refractivity (Wildman–Crippen MR) is 144 cm³/mol. The lowest BCUT2D eigenvalue weighted by Gasteiger charge is -2.40. The van der Waals surface area contributed by atoms with E-state index in [-0.39, 0.29) is 17.6 Å². The van der Waals surface area contributed by atoms with E-state index in [0.29, 0.717) is 36.7 Å². The van der Waals surface area contributed by atoms with Gasteiger partial charge in [-0.15, -0.1) is 0 Å². The molecule has 6 heterocycles. The Morgan fingerprint density at radius 3 is 2.73 bits per heavy atom. The summed E-state index contributed by atoms with van der Waals surface area (Å²) in [4.78, 5) is 23.2. The smallest absolute Gasteiger partial charge is 0.227 e. The molecule has 37 heavy (non-hydrogen) atoms. The first-order valence-corrected chi connectivity index (χ1v) is 15.0. The summed E-state index contributed by atoms with van der Waals surface area (Å²) >= 11 is 0. The van der Waals surface area contributed by atoms with Crippen molar-refractivity contribution < 1.29 is 13.2 Å². The van der Waals surface area contributed by atoms with Gasteiger partial charge in [0, 0.05) is 61.7 Å². The Hall–Kier alpha value is -3.05. The van der Waals surface area contributed by atoms with E-state index in [9.17, 15) is 8.42 Å². The topological polar surface area (TPSA) is 113 Å². The van der Waals surface area contributed by atoms with Gasteiger partial charge in [0.15, 0.2) is 0 Å². The zero-order valence-corrected chi connectivity index (χ0v) is 22.3. The molecule has 0 aromatic carbocycles. The highest BCUT2D eigenvalue weighted by Gasteiger charge is 2.39. The summed E-state index contributed by atoms with van der Waals surface area (Å²) in [6.07, 6.45) is 7.99. The zero-order valence-electron chi connectivity index (χ0n) is 21.5. The minimum absolute atomic E-state index is 0.138. The number of ether oxygens (including phenoxy) is 1. The van der Waals surface area contributed by atoms with Crippen molar-refractivity contribution in [2.24, 2.45) is 11.8 Å². The number of pyridine rings is 2. The monoisotopic (exact) mass is 523 g/mol. The van der Waals surface area contributed by atoms with Crippen LogP contribution in [0, 0.1) is 11.8 Å². The highest BCUT2D eigenvalue weighted by Crippen LogP contribution is 2.36. The van der Waals surface area contributed by atoms with E-state index < -0.39 is 9.84 Å². The van der Waals surface area contributed by atoms with E-state index in [0.717, 1.165) is 54.3 Å². The molecule has 0 radical (unpaired) electrons. The standard InChI is InChI=1S/C26H33N7O3S/c1-16(2)20-9-29-25(32-11-17(12-32)15-37(3,34)35)21-10-28-24(8-19(20)21)30-23-4-6-27-26(31-23)33-7-5-18-13-36-14-22(18)33/h4,6,8-10,16-18,22H,5,7,11-15H2,1-3H3,(H,27,28,30,31)/t18-,22?/m0/s1. The van der Waals surface area contributed by atoms with Gasteiger partial charge in [-0.2, -0.15) is 4.98 Å². The number of nitrogens with one attached hydrogen (secondary N) is 1. The Morgan fingerprint density at radius 2 is 1.95 bits per heavy atom. The first-order valence-electron chi connectivity index (χ1n) is 12.9. The van der Waals surface area contributed by atoms with E-state index in [2.05, 4.69) is 40.0 Å². The van der Waals surface area contributed by atoms with Gasteiger partial charge in [0.1, 0.15) is 27.3 Å². The van der Waals surface area contributed by atoms with Gasteiger partial charge in [0.2, 0.25) is 5.95 Å². The van der Waals surface area contributed by atoms with E-state index in [1.807, 2.05) is 18.5 Å². The lowest BCUT2D eigenvalue weighted by atomic mass is 9.97. The van der Waals surface area contributed by atoms with Gasteiger partial charge in [-0.1, -0.05) is 13.8 Å². The predicted octanol–water partition coefficient (Wildman–Crippen LogP) is 2.99. The Kier molecular flexibility index (Phi) is 6.15. The summed E-state index contributed by atoms with van der Waals surface area (Å²) in [6, 6.07) is 4.27. The van der Waals surface area contributed by atoms with Crippen LogP contribution in [0.15, 0.2) is 30.7 Å². The molecule has 3 aromatic rings. The fourth-order valence-corrected chi connectivity index (χ4v) is 6.88. The molecule has 2 atom stereocenters.